The van der Waals surface area contributed by atoms with Crippen LogP contribution in [-0.4, -0.2) is 11.3 Å². The van der Waals surface area contributed by atoms with Crippen LogP contribution in [0.25, 0.3) is 0 Å². The number of aryl methyl sites for hydroxylation is 2. The summed E-state index contributed by atoms with van der Waals surface area (Å²) in [7, 11) is 0. The number of aliphatic imine (C=N–C) groups is 1. The van der Waals surface area contributed by atoms with Gasteiger partial charge in [-0.1, -0.05) is 17.7 Å². The zero-order valence-corrected chi connectivity index (χ0v) is 10.8. The summed E-state index contributed by atoms with van der Waals surface area (Å²) in [5, 5.41) is -1.37. The van der Waals surface area contributed by atoms with Gasteiger partial charge in [-0.15, -0.1) is 0 Å². The summed E-state index contributed by atoms with van der Waals surface area (Å²) < 4.78 is 37.1. The topological polar surface area (TPSA) is 12.4 Å². The van der Waals surface area contributed by atoms with Crippen LogP contribution in [0.5, 0.6) is 0 Å². The molecule has 0 aliphatic rings. The minimum atomic E-state index is -4.61. The van der Waals surface area contributed by atoms with E-state index in [0.29, 0.717) is 10.0 Å². The second kappa shape index (κ2) is 4.75. The Kier molecular flexibility index (Phi) is 4.02. The van der Waals surface area contributed by atoms with Crippen molar-refractivity contribution >= 4 is 38.4 Å². The van der Waals surface area contributed by atoms with Crippen molar-refractivity contribution in [2.24, 2.45) is 4.99 Å². The fourth-order valence-electron chi connectivity index (χ4n) is 1.21. The van der Waals surface area contributed by atoms with Crippen LogP contribution in [0.3, 0.4) is 0 Å². The summed E-state index contributed by atoms with van der Waals surface area (Å²) in [6.45, 7) is 3.52. The van der Waals surface area contributed by atoms with E-state index in [-0.39, 0.29) is 5.69 Å². The summed E-state index contributed by atoms with van der Waals surface area (Å²) in [6.07, 6.45) is -4.61. The molecule has 0 aromatic heterocycles. The smallest absolute Gasteiger partial charge is 0.231 e. The normalized spacial score (nSPS) is 13.1. The van der Waals surface area contributed by atoms with Crippen molar-refractivity contribution < 1.29 is 13.2 Å². The standard InChI is InChI=1S/C10H8BrClF3N/c1-5-3-6(2)8(7(11)4-5)16-9(12)10(13,14)15/h3-4H,1-2H3. The molecule has 0 bridgehead atoms. The molecule has 0 N–H and O–H groups in total. The van der Waals surface area contributed by atoms with E-state index in [9.17, 15) is 13.2 Å². The van der Waals surface area contributed by atoms with Crippen molar-refractivity contribution in [3.8, 4) is 0 Å². The number of benzene rings is 1. The summed E-state index contributed by atoms with van der Waals surface area (Å²) >= 11 is 8.24. The van der Waals surface area contributed by atoms with Gasteiger partial charge >= 0.3 is 6.18 Å². The van der Waals surface area contributed by atoms with E-state index in [1.807, 2.05) is 6.92 Å². The molecule has 88 valence electrons. The predicted octanol–water partition coefficient (Wildman–Crippen LogP) is 4.90. The van der Waals surface area contributed by atoms with E-state index in [2.05, 4.69) is 20.9 Å². The lowest BCUT2D eigenvalue weighted by atomic mass is 10.1. The summed E-state index contributed by atoms with van der Waals surface area (Å²) in [5.41, 5.74) is 1.77. The largest absolute Gasteiger partial charge is 0.444 e. The average molecular weight is 315 g/mol. The second-order valence-electron chi connectivity index (χ2n) is 3.31. The highest BCUT2D eigenvalue weighted by atomic mass is 79.9. The number of hydrogen-bond acceptors (Lipinski definition) is 1. The van der Waals surface area contributed by atoms with E-state index in [1.165, 1.54) is 0 Å². The van der Waals surface area contributed by atoms with E-state index in [0.717, 1.165) is 5.56 Å². The summed E-state index contributed by atoms with van der Waals surface area (Å²) in [4.78, 5) is 3.38. The molecule has 1 aromatic rings. The van der Waals surface area contributed by atoms with Crippen LogP contribution in [0.1, 0.15) is 11.1 Å². The highest BCUT2D eigenvalue weighted by molar-refractivity contribution is 9.10. The van der Waals surface area contributed by atoms with Crippen LogP contribution in [-0.2, 0) is 0 Å². The lowest BCUT2D eigenvalue weighted by molar-refractivity contribution is -0.0558. The molecule has 0 aliphatic carbocycles. The fourth-order valence-corrected chi connectivity index (χ4v) is 2.06. The number of rotatable bonds is 1. The number of halogens is 5. The molecule has 0 fully saturated rings. The van der Waals surface area contributed by atoms with Gasteiger partial charge in [0.1, 0.15) is 0 Å². The molecule has 1 rings (SSSR count). The molecule has 0 heterocycles. The van der Waals surface area contributed by atoms with Gasteiger partial charge in [0, 0.05) is 4.47 Å². The fraction of sp³-hybridized carbons (Fsp3) is 0.300. The van der Waals surface area contributed by atoms with Crippen LogP contribution in [0.4, 0.5) is 18.9 Å². The molecule has 0 amide bonds. The highest BCUT2D eigenvalue weighted by Crippen LogP contribution is 2.33. The molecule has 16 heavy (non-hydrogen) atoms. The van der Waals surface area contributed by atoms with Crippen molar-refractivity contribution in [3.05, 3.63) is 27.7 Å². The third kappa shape index (κ3) is 3.22. The third-order valence-electron chi connectivity index (χ3n) is 1.84. The molecule has 0 atom stereocenters. The van der Waals surface area contributed by atoms with Crippen LogP contribution < -0.4 is 0 Å². The van der Waals surface area contributed by atoms with Crippen LogP contribution in [0.15, 0.2) is 21.6 Å². The monoisotopic (exact) mass is 313 g/mol. The molecular weight excluding hydrogens is 306 g/mol. The zero-order valence-electron chi connectivity index (χ0n) is 8.49. The molecule has 0 unspecified atom stereocenters. The summed E-state index contributed by atoms with van der Waals surface area (Å²) in [6, 6.07) is 3.43. The van der Waals surface area contributed by atoms with E-state index in [4.69, 9.17) is 11.6 Å². The van der Waals surface area contributed by atoms with Crippen molar-refractivity contribution in [1.29, 1.82) is 0 Å². The first-order valence-electron chi connectivity index (χ1n) is 4.30. The molecule has 0 saturated carbocycles. The maximum absolute atomic E-state index is 12.2. The van der Waals surface area contributed by atoms with Crippen LogP contribution in [0, 0.1) is 13.8 Å². The number of hydrogen-bond donors (Lipinski definition) is 0. The van der Waals surface area contributed by atoms with Crippen molar-refractivity contribution in [3.63, 3.8) is 0 Å². The van der Waals surface area contributed by atoms with Gasteiger partial charge in [-0.3, -0.25) is 0 Å². The van der Waals surface area contributed by atoms with Gasteiger partial charge in [-0.25, -0.2) is 4.99 Å². The molecule has 6 heteroatoms. The van der Waals surface area contributed by atoms with Gasteiger partial charge in [0.25, 0.3) is 0 Å². The van der Waals surface area contributed by atoms with Gasteiger partial charge in [-0.2, -0.15) is 13.2 Å². The first kappa shape index (κ1) is 13.5. The lowest BCUT2D eigenvalue weighted by Crippen LogP contribution is -2.16. The Morgan fingerprint density at radius 3 is 2.31 bits per heavy atom. The van der Waals surface area contributed by atoms with Crippen molar-refractivity contribution in [2.75, 3.05) is 0 Å². The molecule has 0 saturated heterocycles. The molecule has 1 nitrogen and oxygen atoms in total. The van der Waals surface area contributed by atoms with Crippen molar-refractivity contribution in [2.45, 2.75) is 20.0 Å². The van der Waals surface area contributed by atoms with Gasteiger partial charge in [0.05, 0.1) is 5.69 Å². The molecular formula is C10H8BrClF3N. The average Bonchev–Trinajstić information content (AvgIpc) is 2.08. The predicted molar refractivity (Wildman–Crippen MR) is 62.6 cm³/mol. The van der Waals surface area contributed by atoms with Gasteiger partial charge in [-0.05, 0) is 47.0 Å². The molecule has 0 radical (unpaired) electrons. The van der Waals surface area contributed by atoms with Gasteiger partial charge < -0.3 is 0 Å². The maximum Gasteiger partial charge on any atom is 0.444 e. The first-order valence-corrected chi connectivity index (χ1v) is 5.47. The Morgan fingerprint density at radius 1 is 1.31 bits per heavy atom. The Morgan fingerprint density at radius 2 is 1.88 bits per heavy atom. The van der Waals surface area contributed by atoms with Crippen molar-refractivity contribution in [1.82, 2.24) is 0 Å². The maximum atomic E-state index is 12.2. The van der Waals surface area contributed by atoms with Crippen LogP contribution >= 0.6 is 27.5 Å². The minimum absolute atomic E-state index is 0.202. The quantitative estimate of drug-likeness (QED) is 0.654. The SMILES string of the molecule is Cc1cc(C)c(N=C(Cl)C(F)(F)F)c(Br)c1. The Bertz CT molecular complexity index is 417. The van der Waals surface area contributed by atoms with E-state index < -0.39 is 11.3 Å². The van der Waals surface area contributed by atoms with E-state index >= 15 is 0 Å². The summed E-state index contributed by atoms with van der Waals surface area (Å²) in [5.74, 6) is 0. The Balaban J connectivity index is 3.26. The third-order valence-corrected chi connectivity index (χ3v) is 2.75. The lowest BCUT2D eigenvalue weighted by Gasteiger charge is -2.08. The molecule has 0 aliphatic heterocycles. The van der Waals surface area contributed by atoms with Gasteiger partial charge in [0.15, 0.2) is 0 Å². The van der Waals surface area contributed by atoms with Crippen LogP contribution in [0.2, 0.25) is 0 Å². The zero-order chi connectivity index (χ0) is 12.5. The van der Waals surface area contributed by atoms with Gasteiger partial charge in [0.2, 0.25) is 5.17 Å². The number of nitrogens with zero attached hydrogens (tertiary/aromatic N) is 1. The Hall–Kier alpha value is -0.550. The second-order valence-corrected chi connectivity index (χ2v) is 4.52. The molecule has 1 aromatic carbocycles. The molecule has 0 spiro atoms. The first-order chi connectivity index (χ1) is 7.21. The highest BCUT2D eigenvalue weighted by Gasteiger charge is 2.34. The van der Waals surface area contributed by atoms with E-state index in [1.54, 1.807) is 19.1 Å². The number of alkyl halides is 3. The Labute approximate surface area is 104 Å². The minimum Gasteiger partial charge on any atom is -0.231 e.